The molecule has 0 radical (unpaired) electrons. The third-order valence-electron chi connectivity index (χ3n) is 4.50. The summed E-state index contributed by atoms with van der Waals surface area (Å²) in [5.41, 5.74) is 4.26. The molecule has 1 aromatic heterocycles. The number of hydrogen-bond donors (Lipinski definition) is 1. The summed E-state index contributed by atoms with van der Waals surface area (Å²) in [6.45, 7) is 5.00. The summed E-state index contributed by atoms with van der Waals surface area (Å²) in [6, 6.07) is 10.1. The van der Waals surface area contributed by atoms with Crippen LogP contribution in [0.1, 0.15) is 28.7 Å². The van der Waals surface area contributed by atoms with Crippen molar-refractivity contribution in [1.82, 2.24) is 14.7 Å². The number of aliphatic hydroxyl groups excluding tert-OH is 1. The van der Waals surface area contributed by atoms with Gasteiger partial charge >= 0.3 is 0 Å². The van der Waals surface area contributed by atoms with Crippen molar-refractivity contribution in [3.8, 4) is 5.69 Å². The molecule has 1 aliphatic heterocycles. The van der Waals surface area contributed by atoms with Crippen LogP contribution in [-0.4, -0.2) is 56.1 Å². The fourth-order valence-electron chi connectivity index (χ4n) is 3.27. The Morgan fingerprint density at radius 2 is 2.04 bits per heavy atom. The van der Waals surface area contributed by atoms with Gasteiger partial charge in [0, 0.05) is 41.5 Å². The fraction of sp³-hybridized carbons (Fsp3) is 0.474. The van der Waals surface area contributed by atoms with Crippen LogP contribution in [0, 0.1) is 13.8 Å². The second-order valence-electron chi connectivity index (χ2n) is 6.23. The van der Waals surface area contributed by atoms with Crippen LogP contribution in [-0.2, 0) is 4.79 Å². The topological polar surface area (TPSA) is 58.4 Å². The number of para-hydroxylation sites is 1. The van der Waals surface area contributed by atoms with Crippen LogP contribution in [0.5, 0.6) is 0 Å². The maximum Gasteiger partial charge on any atom is 0.224 e. The Morgan fingerprint density at radius 3 is 2.77 bits per heavy atom. The molecule has 1 unspecified atom stereocenters. The molecule has 2 heterocycles. The largest absolute Gasteiger partial charge is 0.396 e. The molecule has 0 bridgehead atoms. The number of rotatable bonds is 7. The highest BCUT2D eigenvalue weighted by molar-refractivity contribution is 7.99. The first-order chi connectivity index (χ1) is 12.6. The molecule has 1 amide bonds. The zero-order valence-electron chi connectivity index (χ0n) is 15.2. The minimum Gasteiger partial charge on any atom is -0.396 e. The third-order valence-corrected chi connectivity index (χ3v) is 6.69. The minimum atomic E-state index is 0.0171. The van der Waals surface area contributed by atoms with Crippen molar-refractivity contribution in [2.45, 2.75) is 25.6 Å². The summed E-state index contributed by atoms with van der Waals surface area (Å²) >= 11 is 3.50. The number of nitrogens with zero attached hydrogens (tertiary/aromatic N) is 3. The molecular formula is C19H25N3O2S2. The van der Waals surface area contributed by atoms with Crippen molar-refractivity contribution in [2.75, 3.05) is 30.4 Å². The Labute approximate surface area is 163 Å². The van der Waals surface area contributed by atoms with Crippen molar-refractivity contribution in [3.05, 3.63) is 47.3 Å². The predicted molar refractivity (Wildman–Crippen MR) is 109 cm³/mol. The number of benzene rings is 1. The number of aryl methyl sites for hydroxylation is 1. The second-order valence-corrected chi connectivity index (χ2v) is 8.64. The van der Waals surface area contributed by atoms with Gasteiger partial charge in [-0.2, -0.15) is 16.9 Å². The van der Waals surface area contributed by atoms with Gasteiger partial charge in [0.05, 0.1) is 18.0 Å². The lowest BCUT2D eigenvalue weighted by atomic mass is 10.1. The summed E-state index contributed by atoms with van der Waals surface area (Å²) in [7, 11) is 0. The SMILES string of the molecule is Cc1nn(-c2ccccc2)c(C)c1C1SCCC(=O)N1CCSCCO. The van der Waals surface area contributed by atoms with E-state index in [1.807, 2.05) is 58.6 Å². The monoisotopic (exact) mass is 391 g/mol. The summed E-state index contributed by atoms with van der Waals surface area (Å²) in [5, 5.41) is 13.7. The zero-order valence-corrected chi connectivity index (χ0v) is 16.9. The van der Waals surface area contributed by atoms with Crippen molar-refractivity contribution >= 4 is 29.4 Å². The van der Waals surface area contributed by atoms with Gasteiger partial charge in [0.15, 0.2) is 0 Å². The summed E-state index contributed by atoms with van der Waals surface area (Å²) in [4.78, 5) is 14.6. The van der Waals surface area contributed by atoms with Crippen LogP contribution in [0.25, 0.3) is 5.69 Å². The van der Waals surface area contributed by atoms with E-state index in [2.05, 4.69) is 6.92 Å². The third kappa shape index (κ3) is 4.10. The van der Waals surface area contributed by atoms with Gasteiger partial charge in [0.25, 0.3) is 0 Å². The molecule has 26 heavy (non-hydrogen) atoms. The molecule has 0 aliphatic carbocycles. The van der Waals surface area contributed by atoms with Gasteiger partial charge in [0.1, 0.15) is 5.37 Å². The summed E-state index contributed by atoms with van der Waals surface area (Å²) in [5.74, 6) is 2.61. The molecule has 0 spiro atoms. The van der Waals surface area contributed by atoms with Crippen LogP contribution < -0.4 is 0 Å². The first-order valence-electron chi connectivity index (χ1n) is 8.84. The predicted octanol–water partition coefficient (Wildman–Crippen LogP) is 3.18. The van der Waals surface area contributed by atoms with Crippen molar-refractivity contribution in [1.29, 1.82) is 0 Å². The molecule has 2 aromatic rings. The van der Waals surface area contributed by atoms with E-state index in [4.69, 9.17) is 10.2 Å². The van der Waals surface area contributed by atoms with Gasteiger partial charge in [-0.3, -0.25) is 4.79 Å². The molecule has 1 saturated heterocycles. The van der Waals surface area contributed by atoms with Gasteiger partial charge < -0.3 is 10.0 Å². The van der Waals surface area contributed by atoms with E-state index in [1.165, 1.54) is 0 Å². The average Bonchev–Trinajstić information content (AvgIpc) is 2.95. The molecule has 1 fully saturated rings. The summed E-state index contributed by atoms with van der Waals surface area (Å²) in [6.07, 6.45) is 0.594. The van der Waals surface area contributed by atoms with Crippen LogP contribution in [0.2, 0.25) is 0 Å². The van der Waals surface area contributed by atoms with Gasteiger partial charge in [-0.1, -0.05) is 18.2 Å². The van der Waals surface area contributed by atoms with Crippen LogP contribution >= 0.6 is 23.5 Å². The van der Waals surface area contributed by atoms with E-state index in [1.54, 1.807) is 11.8 Å². The van der Waals surface area contributed by atoms with Gasteiger partial charge in [0.2, 0.25) is 5.91 Å². The molecule has 140 valence electrons. The number of amides is 1. The van der Waals surface area contributed by atoms with Crippen molar-refractivity contribution in [3.63, 3.8) is 0 Å². The molecule has 5 nitrogen and oxygen atoms in total. The fourth-order valence-corrected chi connectivity index (χ4v) is 5.35. The molecule has 1 aromatic carbocycles. The Bertz CT molecular complexity index is 749. The Morgan fingerprint density at radius 1 is 1.27 bits per heavy atom. The number of carbonyl (C=O) groups excluding carboxylic acids is 1. The summed E-state index contributed by atoms with van der Waals surface area (Å²) < 4.78 is 1.98. The average molecular weight is 392 g/mol. The van der Waals surface area contributed by atoms with Crippen molar-refractivity contribution in [2.24, 2.45) is 0 Å². The molecule has 1 atom stereocenters. The smallest absolute Gasteiger partial charge is 0.224 e. The van der Waals surface area contributed by atoms with E-state index < -0.39 is 0 Å². The first kappa shape index (κ1) is 19.3. The Hall–Kier alpha value is -1.44. The highest BCUT2D eigenvalue weighted by atomic mass is 32.2. The molecule has 1 aliphatic rings. The lowest BCUT2D eigenvalue weighted by Crippen LogP contribution is -2.39. The molecule has 3 rings (SSSR count). The molecule has 0 saturated carbocycles. The van der Waals surface area contributed by atoms with Gasteiger partial charge in [-0.25, -0.2) is 4.68 Å². The lowest BCUT2D eigenvalue weighted by molar-refractivity contribution is -0.131. The maximum atomic E-state index is 12.6. The van der Waals surface area contributed by atoms with Gasteiger partial charge in [-0.15, -0.1) is 11.8 Å². The zero-order chi connectivity index (χ0) is 18.5. The lowest BCUT2D eigenvalue weighted by Gasteiger charge is -2.35. The van der Waals surface area contributed by atoms with Gasteiger partial charge in [-0.05, 0) is 26.0 Å². The highest BCUT2D eigenvalue weighted by Crippen LogP contribution is 2.40. The minimum absolute atomic E-state index is 0.0171. The van der Waals surface area contributed by atoms with Crippen LogP contribution in [0.3, 0.4) is 0 Å². The number of carbonyl (C=O) groups is 1. The Kier molecular flexibility index (Phi) is 6.67. The van der Waals surface area contributed by atoms with E-state index in [0.29, 0.717) is 18.7 Å². The van der Waals surface area contributed by atoms with E-state index in [9.17, 15) is 4.79 Å². The van der Waals surface area contributed by atoms with Crippen LogP contribution in [0.15, 0.2) is 30.3 Å². The standard InChI is InChI=1S/C19H25N3O2S2/c1-14-18(15(2)22(20-14)16-6-4-3-5-7-16)19-21(9-12-25-13-10-23)17(24)8-11-26-19/h3-7,19,23H,8-13H2,1-2H3. The number of thioether (sulfide) groups is 2. The van der Waals surface area contributed by atoms with E-state index in [-0.39, 0.29) is 17.9 Å². The first-order valence-corrected chi connectivity index (χ1v) is 11.0. The quantitative estimate of drug-likeness (QED) is 0.735. The number of aromatic nitrogens is 2. The normalized spacial score (nSPS) is 17.7. The Balaban J connectivity index is 1.88. The van der Waals surface area contributed by atoms with E-state index in [0.717, 1.165) is 34.1 Å². The maximum absolute atomic E-state index is 12.6. The molecule has 7 heteroatoms. The van der Waals surface area contributed by atoms with Crippen LogP contribution in [0.4, 0.5) is 0 Å². The second kappa shape index (κ2) is 8.97. The van der Waals surface area contributed by atoms with Crippen molar-refractivity contribution < 1.29 is 9.90 Å². The number of aliphatic hydroxyl groups is 1. The highest BCUT2D eigenvalue weighted by Gasteiger charge is 2.33. The van der Waals surface area contributed by atoms with E-state index >= 15 is 0 Å². The molecule has 1 N–H and O–H groups in total. The number of hydrogen-bond acceptors (Lipinski definition) is 5. The molecular weight excluding hydrogens is 366 g/mol.